The van der Waals surface area contributed by atoms with E-state index < -0.39 is 0 Å². The quantitative estimate of drug-likeness (QED) is 0.763. The predicted octanol–water partition coefficient (Wildman–Crippen LogP) is 2.94. The van der Waals surface area contributed by atoms with Crippen molar-refractivity contribution in [2.75, 3.05) is 17.8 Å². The first-order valence-electron chi connectivity index (χ1n) is 5.94. The molecule has 1 N–H and O–H groups in total. The normalized spacial score (nSPS) is 12.5. The minimum atomic E-state index is 0.317. The summed E-state index contributed by atoms with van der Waals surface area (Å²) in [4.78, 5) is 8.21. The van der Waals surface area contributed by atoms with Gasteiger partial charge < -0.3 is 10.1 Å². The summed E-state index contributed by atoms with van der Waals surface area (Å²) in [6.07, 6.45) is 2.42. The van der Waals surface area contributed by atoms with Crippen LogP contribution >= 0.6 is 11.6 Å². The van der Waals surface area contributed by atoms with E-state index in [-0.39, 0.29) is 0 Å². The Morgan fingerprint density at radius 1 is 1.41 bits per heavy atom. The molecule has 0 amide bonds. The Morgan fingerprint density at radius 3 is 2.76 bits per heavy atom. The van der Waals surface area contributed by atoms with E-state index in [4.69, 9.17) is 16.3 Å². The number of anilines is 1. The molecule has 0 aliphatic rings. The Hall–Kier alpha value is -1.03. The van der Waals surface area contributed by atoms with Crippen molar-refractivity contribution in [3.63, 3.8) is 0 Å². The molecule has 1 heterocycles. The summed E-state index contributed by atoms with van der Waals surface area (Å²) >= 11 is 5.79. The van der Waals surface area contributed by atoms with Crippen LogP contribution in [-0.4, -0.2) is 28.5 Å². The van der Waals surface area contributed by atoms with Gasteiger partial charge in [0.1, 0.15) is 12.1 Å². The van der Waals surface area contributed by atoms with Gasteiger partial charge in [0, 0.05) is 18.0 Å². The number of aromatic nitrogens is 2. The molecule has 0 aliphatic heterocycles. The lowest BCUT2D eigenvalue weighted by Crippen LogP contribution is -2.26. The summed E-state index contributed by atoms with van der Waals surface area (Å²) in [5.41, 5.74) is 0. The van der Waals surface area contributed by atoms with Crippen molar-refractivity contribution in [1.82, 2.24) is 9.97 Å². The van der Waals surface area contributed by atoms with Crippen molar-refractivity contribution < 1.29 is 4.74 Å². The highest BCUT2D eigenvalue weighted by Gasteiger charge is 2.13. The fraction of sp³-hybridized carbons (Fsp3) is 0.667. The van der Waals surface area contributed by atoms with Gasteiger partial charge in [-0.1, -0.05) is 13.8 Å². The number of halogens is 1. The molecule has 1 aromatic rings. The predicted molar refractivity (Wildman–Crippen MR) is 70.8 cm³/mol. The van der Waals surface area contributed by atoms with Gasteiger partial charge in [0.2, 0.25) is 5.88 Å². The van der Waals surface area contributed by atoms with Crippen LogP contribution in [-0.2, 0) is 0 Å². The van der Waals surface area contributed by atoms with Crippen molar-refractivity contribution in [2.45, 2.75) is 33.2 Å². The number of nitrogens with one attached hydrogen (secondary N) is 1. The second kappa shape index (κ2) is 7.33. The monoisotopic (exact) mass is 257 g/mol. The van der Waals surface area contributed by atoms with Crippen LogP contribution in [0.4, 0.5) is 5.82 Å². The van der Waals surface area contributed by atoms with E-state index in [1.54, 1.807) is 0 Å². The maximum atomic E-state index is 5.79. The first-order valence-corrected chi connectivity index (χ1v) is 6.48. The molecule has 17 heavy (non-hydrogen) atoms. The molecule has 1 rings (SSSR count). The van der Waals surface area contributed by atoms with Gasteiger partial charge in [0.25, 0.3) is 0 Å². The molecule has 4 nitrogen and oxygen atoms in total. The van der Waals surface area contributed by atoms with E-state index in [1.165, 1.54) is 6.33 Å². The Kier molecular flexibility index (Phi) is 6.05. The third kappa shape index (κ3) is 4.77. The Bertz CT molecular complexity index is 333. The standard InChI is InChI=1S/C12H20ClN3O/c1-4-17-12-7-11(14-8-15-12)16-10(5-6-13)9(2)3/h7-10H,4-6H2,1-3H3,(H,14,15,16). The first kappa shape index (κ1) is 14.0. The fourth-order valence-electron chi connectivity index (χ4n) is 1.52. The van der Waals surface area contributed by atoms with Gasteiger partial charge in [0.05, 0.1) is 6.61 Å². The second-order valence-corrected chi connectivity index (χ2v) is 4.52. The molecule has 0 saturated carbocycles. The maximum Gasteiger partial charge on any atom is 0.218 e. The van der Waals surface area contributed by atoms with E-state index in [0.29, 0.717) is 30.3 Å². The maximum absolute atomic E-state index is 5.79. The number of alkyl halides is 1. The molecule has 0 spiro atoms. The summed E-state index contributed by atoms with van der Waals surface area (Å²) in [6, 6.07) is 2.13. The van der Waals surface area contributed by atoms with Crippen molar-refractivity contribution in [3.8, 4) is 5.88 Å². The van der Waals surface area contributed by atoms with E-state index in [2.05, 4.69) is 29.1 Å². The van der Waals surface area contributed by atoms with Gasteiger partial charge in [-0.15, -0.1) is 11.6 Å². The fourth-order valence-corrected chi connectivity index (χ4v) is 1.76. The summed E-state index contributed by atoms with van der Waals surface area (Å²) in [7, 11) is 0. The number of ether oxygens (including phenoxy) is 1. The molecule has 0 aliphatic carbocycles. The van der Waals surface area contributed by atoms with Crippen molar-refractivity contribution in [3.05, 3.63) is 12.4 Å². The number of rotatable bonds is 7. The highest BCUT2D eigenvalue weighted by Crippen LogP contribution is 2.16. The minimum Gasteiger partial charge on any atom is -0.478 e. The van der Waals surface area contributed by atoms with Crippen molar-refractivity contribution in [1.29, 1.82) is 0 Å². The van der Waals surface area contributed by atoms with E-state index in [0.717, 1.165) is 12.2 Å². The minimum absolute atomic E-state index is 0.317. The SMILES string of the molecule is CCOc1cc(NC(CCCl)C(C)C)ncn1. The van der Waals surface area contributed by atoms with Gasteiger partial charge in [-0.25, -0.2) is 9.97 Å². The molecule has 0 bridgehead atoms. The van der Waals surface area contributed by atoms with Gasteiger partial charge in [-0.3, -0.25) is 0 Å². The van der Waals surface area contributed by atoms with Crippen LogP contribution in [0.15, 0.2) is 12.4 Å². The largest absolute Gasteiger partial charge is 0.478 e. The third-order valence-corrected chi connectivity index (χ3v) is 2.71. The van der Waals surface area contributed by atoms with Gasteiger partial charge in [0.15, 0.2) is 0 Å². The van der Waals surface area contributed by atoms with E-state index >= 15 is 0 Å². The van der Waals surface area contributed by atoms with Gasteiger partial charge >= 0.3 is 0 Å². The molecule has 0 fully saturated rings. The lowest BCUT2D eigenvalue weighted by molar-refractivity contribution is 0.326. The molecular weight excluding hydrogens is 238 g/mol. The Labute approximate surface area is 108 Å². The lowest BCUT2D eigenvalue weighted by Gasteiger charge is -2.22. The smallest absolute Gasteiger partial charge is 0.218 e. The molecular formula is C12H20ClN3O. The van der Waals surface area contributed by atoms with Crippen molar-refractivity contribution in [2.24, 2.45) is 5.92 Å². The third-order valence-electron chi connectivity index (χ3n) is 2.49. The Balaban J connectivity index is 2.68. The zero-order valence-corrected chi connectivity index (χ0v) is 11.4. The summed E-state index contributed by atoms with van der Waals surface area (Å²) in [6.45, 7) is 6.86. The van der Waals surface area contributed by atoms with Gasteiger partial charge in [-0.2, -0.15) is 0 Å². The van der Waals surface area contributed by atoms with Crippen LogP contribution in [0.1, 0.15) is 27.2 Å². The van der Waals surface area contributed by atoms with Crippen LogP contribution < -0.4 is 10.1 Å². The van der Waals surface area contributed by atoms with Crippen LogP contribution in [0.25, 0.3) is 0 Å². The van der Waals surface area contributed by atoms with Crippen LogP contribution in [0.2, 0.25) is 0 Å². The highest BCUT2D eigenvalue weighted by atomic mass is 35.5. The first-order chi connectivity index (χ1) is 8.17. The molecule has 0 aromatic carbocycles. The average Bonchev–Trinajstić information content (AvgIpc) is 2.29. The molecule has 0 saturated heterocycles. The number of nitrogens with zero attached hydrogens (tertiary/aromatic N) is 2. The van der Waals surface area contributed by atoms with Crippen LogP contribution in [0.3, 0.4) is 0 Å². The molecule has 0 radical (unpaired) electrons. The molecule has 96 valence electrons. The zero-order valence-electron chi connectivity index (χ0n) is 10.6. The van der Waals surface area contributed by atoms with Crippen LogP contribution in [0.5, 0.6) is 5.88 Å². The van der Waals surface area contributed by atoms with Crippen molar-refractivity contribution >= 4 is 17.4 Å². The van der Waals surface area contributed by atoms with E-state index in [1.807, 2.05) is 13.0 Å². The highest BCUT2D eigenvalue weighted by molar-refractivity contribution is 6.17. The molecule has 5 heteroatoms. The molecule has 1 unspecified atom stereocenters. The summed E-state index contributed by atoms with van der Waals surface area (Å²) < 4.78 is 5.33. The zero-order chi connectivity index (χ0) is 12.7. The average molecular weight is 258 g/mol. The van der Waals surface area contributed by atoms with Gasteiger partial charge in [-0.05, 0) is 19.3 Å². The Morgan fingerprint density at radius 2 is 2.18 bits per heavy atom. The molecule has 1 atom stereocenters. The number of hydrogen-bond donors (Lipinski definition) is 1. The summed E-state index contributed by atoms with van der Waals surface area (Å²) in [5.74, 6) is 2.52. The lowest BCUT2D eigenvalue weighted by atomic mass is 10.0. The second-order valence-electron chi connectivity index (χ2n) is 4.15. The topological polar surface area (TPSA) is 47.0 Å². The summed E-state index contributed by atoms with van der Waals surface area (Å²) in [5, 5.41) is 3.36. The van der Waals surface area contributed by atoms with E-state index in [9.17, 15) is 0 Å². The van der Waals surface area contributed by atoms with Crippen LogP contribution in [0, 0.1) is 5.92 Å². The molecule has 1 aromatic heterocycles. The number of hydrogen-bond acceptors (Lipinski definition) is 4.